The zero-order chi connectivity index (χ0) is 17.9. The Labute approximate surface area is 163 Å². The van der Waals surface area contributed by atoms with Gasteiger partial charge in [0.1, 0.15) is 17.5 Å². The van der Waals surface area contributed by atoms with Crippen LogP contribution in [0.15, 0.2) is 18.3 Å². The van der Waals surface area contributed by atoms with Gasteiger partial charge in [-0.2, -0.15) is 13.2 Å². The predicted molar refractivity (Wildman–Crippen MR) is 96.8 cm³/mol. The Hall–Kier alpha value is -1.25. The van der Waals surface area contributed by atoms with Crippen LogP contribution in [-0.4, -0.2) is 41.0 Å². The number of hydrogen-bond donors (Lipinski definition) is 1. The van der Waals surface area contributed by atoms with Gasteiger partial charge in [0.15, 0.2) is 0 Å². The largest absolute Gasteiger partial charge is 0.489 e. The number of pyridine rings is 1. The van der Waals surface area contributed by atoms with Crippen LogP contribution in [-0.2, 0) is 11.0 Å². The minimum absolute atomic E-state index is 0. The number of nitrogens with two attached hydrogens (primary N) is 1. The summed E-state index contributed by atoms with van der Waals surface area (Å²) >= 11 is 0. The van der Waals surface area contributed by atoms with Gasteiger partial charge in [-0.3, -0.25) is 4.79 Å². The minimum atomic E-state index is -4.46. The summed E-state index contributed by atoms with van der Waals surface area (Å²) in [5, 5.41) is 0. The van der Waals surface area contributed by atoms with Crippen molar-refractivity contribution in [2.45, 2.75) is 45.0 Å². The van der Waals surface area contributed by atoms with E-state index in [1.165, 1.54) is 6.07 Å². The van der Waals surface area contributed by atoms with Gasteiger partial charge in [-0.05, 0) is 18.1 Å². The van der Waals surface area contributed by atoms with Crippen LogP contribution in [0.25, 0.3) is 0 Å². The van der Waals surface area contributed by atoms with Crippen molar-refractivity contribution >= 4 is 30.7 Å². The van der Waals surface area contributed by atoms with Crippen molar-refractivity contribution in [3.05, 3.63) is 24.0 Å². The SMILES string of the molecule is CC(C)[C@H](N)C(=O)N1CCC(Oc2ccc(C(F)(F)F)nc2)CC1.Cl.Cl. The van der Waals surface area contributed by atoms with Crippen molar-refractivity contribution in [1.29, 1.82) is 0 Å². The Morgan fingerprint density at radius 2 is 1.85 bits per heavy atom. The fraction of sp³-hybridized carbons (Fsp3) is 0.625. The molecule has 5 nitrogen and oxygen atoms in total. The maximum Gasteiger partial charge on any atom is 0.433 e. The highest BCUT2D eigenvalue weighted by Crippen LogP contribution is 2.28. The molecule has 0 radical (unpaired) electrons. The Morgan fingerprint density at radius 1 is 1.27 bits per heavy atom. The second-order valence-corrected chi connectivity index (χ2v) is 6.29. The third-order valence-electron chi connectivity index (χ3n) is 4.09. The molecule has 2 N–H and O–H groups in total. The number of likely N-dealkylation sites (tertiary alicyclic amines) is 1. The molecule has 1 aromatic heterocycles. The fourth-order valence-electron chi connectivity index (χ4n) is 2.50. The van der Waals surface area contributed by atoms with Crippen LogP contribution >= 0.6 is 24.8 Å². The van der Waals surface area contributed by atoms with Crippen LogP contribution in [0.1, 0.15) is 32.4 Å². The van der Waals surface area contributed by atoms with Gasteiger partial charge < -0.3 is 15.4 Å². The average Bonchev–Trinajstić information content (AvgIpc) is 2.54. The Morgan fingerprint density at radius 3 is 2.27 bits per heavy atom. The predicted octanol–water partition coefficient (Wildman–Crippen LogP) is 3.30. The molecule has 26 heavy (non-hydrogen) atoms. The van der Waals surface area contributed by atoms with E-state index in [0.717, 1.165) is 12.3 Å². The molecule has 1 fully saturated rings. The topological polar surface area (TPSA) is 68.5 Å². The molecule has 2 heterocycles. The van der Waals surface area contributed by atoms with E-state index >= 15 is 0 Å². The molecule has 1 amide bonds. The van der Waals surface area contributed by atoms with E-state index < -0.39 is 17.9 Å². The van der Waals surface area contributed by atoms with E-state index in [9.17, 15) is 18.0 Å². The van der Waals surface area contributed by atoms with Crippen LogP contribution in [0.2, 0.25) is 0 Å². The number of carbonyl (C=O) groups excluding carboxylic acids is 1. The highest BCUT2D eigenvalue weighted by Gasteiger charge is 2.32. The van der Waals surface area contributed by atoms with Crippen LogP contribution in [0.4, 0.5) is 13.2 Å². The lowest BCUT2D eigenvalue weighted by Gasteiger charge is -2.34. The molecule has 0 aromatic carbocycles. The first-order chi connectivity index (χ1) is 11.2. The average molecular weight is 418 g/mol. The Bertz CT molecular complexity index is 563. The number of amides is 1. The van der Waals surface area contributed by atoms with Crippen molar-refractivity contribution in [1.82, 2.24) is 9.88 Å². The number of carbonyl (C=O) groups is 1. The van der Waals surface area contributed by atoms with Crippen molar-refractivity contribution in [3.8, 4) is 5.75 Å². The number of ether oxygens (including phenoxy) is 1. The summed E-state index contributed by atoms with van der Waals surface area (Å²) in [5.74, 6) is 0.302. The minimum Gasteiger partial charge on any atom is -0.489 e. The smallest absolute Gasteiger partial charge is 0.433 e. The number of piperidine rings is 1. The molecular formula is C16H24Cl2F3N3O2. The molecule has 1 aliphatic heterocycles. The van der Waals surface area contributed by atoms with E-state index in [1.807, 2.05) is 13.8 Å². The first kappa shape index (κ1) is 24.8. The van der Waals surface area contributed by atoms with Gasteiger partial charge in [0.25, 0.3) is 0 Å². The summed E-state index contributed by atoms with van der Waals surface area (Å²) < 4.78 is 43.1. The van der Waals surface area contributed by atoms with E-state index in [2.05, 4.69) is 4.98 Å². The lowest BCUT2D eigenvalue weighted by atomic mass is 10.0. The Kier molecular flexibility index (Phi) is 9.69. The molecule has 150 valence electrons. The van der Waals surface area contributed by atoms with Crippen LogP contribution in [0.5, 0.6) is 5.75 Å². The number of rotatable bonds is 4. The molecule has 0 saturated carbocycles. The zero-order valence-corrected chi connectivity index (χ0v) is 16.2. The highest BCUT2D eigenvalue weighted by molar-refractivity contribution is 5.85. The van der Waals surface area contributed by atoms with Crippen molar-refractivity contribution in [3.63, 3.8) is 0 Å². The van der Waals surface area contributed by atoms with Gasteiger partial charge in [0, 0.05) is 25.9 Å². The van der Waals surface area contributed by atoms with E-state index in [-0.39, 0.29) is 42.7 Å². The van der Waals surface area contributed by atoms with Gasteiger partial charge in [0.2, 0.25) is 5.91 Å². The lowest BCUT2D eigenvalue weighted by molar-refractivity contribution is -0.141. The van der Waals surface area contributed by atoms with Crippen LogP contribution in [0.3, 0.4) is 0 Å². The summed E-state index contributed by atoms with van der Waals surface area (Å²) in [5.41, 5.74) is 4.93. The number of aromatic nitrogens is 1. The molecule has 0 aliphatic carbocycles. The Balaban J connectivity index is 0.00000312. The number of nitrogens with zero attached hydrogens (tertiary/aromatic N) is 2. The lowest BCUT2D eigenvalue weighted by Crippen LogP contribution is -2.50. The zero-order valence-electron chi connectivity index (χ0n) is 14.5. The molecule has 2 rings (SSSR count). The molecule has 1 atom stereocenters. The van der Waals surface area contributed by atoms with Gasteiger partial charge in [-0.15, -0.1) is 24.8 Å². The number of halogens is 5. The van der Waals surface area contributed by atoms with E-state index in [0.29, 0.717) is 31.7 Å². The maximum absolute atomic E-state index is 12.5. The van der Waals surface area contributed by atoms with Gasteiger partial charge in [-0.1, -0.05) is 13.8 Å². The summed E-state index contributed by atoms with van der Waals surface area (Å²) in [6.07, 6.45) is -2.31. The van der Waals surface area contributed by atoms with Gasteiger partial charge in [0.05, 0.1) is 12.2 Å². The van der Waals surface area contributed by atoms with Crippen LogP contribution in [0, 0.1) is 5.92 Å². The first-order valence-electron chi connectivity index (χ1n) is 7.92. The molecule has 0 spiro atoms. The maximum atomic E-state index is 12.5. The second kappa shape index (κ2) is 10.2. The summed E-state index contributed by atoms with van der Waals surface area (Å²) in [4.78, 5) is 17.3. The fourth-order valence-corrected chi connectivity index (χ4v) is 2.50. The van der Waals surface area contributed by atoms with Crippen molar-refractivity contribution in [2.75, 3.05) is 13.1 Å². The molecule has 1 aromatic rings. The third-order valence-corrected chi connectivity index (χ3v) is 4.09. The summed E-state index contributed by atoms with van der Waals surface area (Å²) in [6, 6.07) is 1.65. The molecule has 0 unspecified atom stereocenters. The van der Waals surface area contributed by atoms with E-state index in [4.69, 9.17) is 10.5 Å². The quantitative estimate of drug-likeness (QED) is 0.815. The molecule has 1 aliphatic rings. The third kappa shape index (κ3) is 6.48. The standard InChI is InChI=1S/C16H22F3N3O2.2ClH/c1-10(2)14(20)15(23)22-7-5-11(6-8-22)24-12-3-4-13(21-9-12)16(17,18)19;;/h3-4,9-11,14H,5-8,20H2,1-2H3;2*1H/t14-;;/m0../s1. The first-order valence-corrected chi connectivity index (χ1v) is 7.92. The van der Waals surface area contributed by atoms with E-state index in [1.54, 1.807) is 4.90 Å². The number of hydrogen-bond acceptors (Lipinski definition) is 4. The van der Waals surface area contributed by atoms with Crippen molar-refractivity contribution < 1.29 is 22.7 Å². The van der Waals surface area contributed by atoms with Crippen molar-refractivity contribution in [2.24, 2.45) is 11.7 Å². The van der Waals surface area contributed by atoms with Gasteiger partial charge in [-0.25, -0.2) is 4.98 Å². The monoisotopic (exact) mass is 417 g/mol. The molecule has 1 saturated heterocycles. The molecule has 10 heteroatoms. The second-order valence-electron chi connectivity index (χ2n) is 6.29. The van der Waals surface area contributed by atoms with Gasteiger partial charge >= 0.3 is 6.18 Å². The normalized spacial score (nSPS) is 16.5. The number of alkyl halides is 3. The summed E-state index contributed by atoms with van der Waals surface area (Å²) in [7, 11) is 0. The summed E-state index contributed by atoms with van der Waals surface area (Å²) in [6.45, 7) is 4.85. The highest BCUT2D eigenvalue weighted by atomic mass is 35.5. The molecule has 0 bridgehead atoms. The molecular weight excluding hydrogens is 394 g/mol. The van der Waals surface area contributed by atoms with Crippen LogP contribution < -0.4 is 10.5 Å².